The standard InChI is InChI=1S/C20H26BrN3O9S/c1-5-20(2,3)19(29)33-9-32-18(28)14-10(7-31-4)8-34-17-13(16(27)24(14)17)22-15(26)12(23-30)11(25)6-21/h13,17,30H,5-9H2,1-4H3,(H,22,26)/t13?,17-/m0/s1. The summed E-state index contributed by atoms with van der Waals surface area (Å²) in [5, 5.41) is 13.1. The Morgan fingerprint density at radius 3 is 2.53 bits per heavy atom. The van der Waals surface area contributed by atoms with E-state index in [-0.39, 0.29) is 17.6 Å². The van der Waals surface area contributed by atoms with E-state index in [9.17, 15) is 24.0 Å². The molecule has 0 spiro atoms. The van der Waals surface area contributed by atoms with Crippen LogP contribution in [-0.4, -0.2) is 88.4 Å². The molecular formula is C20H26BrN3O9S. The number of hydrogen-bond acceptors (Lipinski definition) is 11. The molecule has 1 unspecified atom stereocenters. The van der Waals surface area contributed by atoms with E-state index in [4.69, 9.17) is 19.4 Å². The van der Waals surface area contributed by atoms with Gasteiger partial charge in [-0.25, -0.2) is 4.79 Å². The number of β-lactam (4-membered cyclic amide) rings is 1. The fraction of sp³-hybridized carbons (Fsp3) is 0.600. The van der Waals surface area contributed by atoms with Gasteiger partial charge in [-0.1, -0.05) is 28.0 Å². The van der Waals surface area contributed by atoms with Crippen molar-refractivity contribution >= 4 is 62.9 Å². The maximum Gasteiger partial charge on any atom is 0.358 e. The number of nitrogens with one attached hydrogen (secondary N) is 1. The van der Waals surface area contributed by atoms with Gasteiger partial charge in [-0.05, 0) is 25.8 Å². The summed E-state index contributed by atoms with van der Waals surface area (Å²) in [4.78, 5) is 62.9. The molecule has 2 heterocycles. The molecule has 0 radical (unpaired) electrons. The normalized spacial score (nSPS) is 20.3. The Labute approximate surface area is 208 Å². The molecule has 0 bridgehead atoms. The third-order valence-electron chi connectivity index (χ3n) is 5.36. The van der Waals surface area contributed by atoms with Crippen LogP contribution in [0.2, 0.25) is 0 Å². The molecule has 2 amide bonds. The van der Waals surface area contributed by atoms with E-state index in [0.717, 1.165) is 4.90 Å². The topological polar surface area (TPSA) is 161 Å². The van der Waals surface area contributed by atoms with Crippen LogP contribution < -0.4 is 5.32 Å². The number of alkyl halides is 1. The molecule has 2 aliphatic rings. The molecule has 2 N–H and O–H groups in total. The van der Waals surface area contributed by atoms with Gasteiger partial charge in [0.1, 0.15) is 17.1 Å². The molecular weight excluding hydrogens is 538 g/mol. The number of Topliss-reactive ketones (excluding diaryl/α,β-unsaturated/α-hetero) is 1. The van der Waals surface area contributed by atoms with Crippen LogP contribution >= 0.6 is 27.7 Å². The SMILES string of the molecule is CCC(C)(C)C(=O)OCOC(=O)C1=C(COC)CS[C@H]2C(NC(=O)C(=NO)C(=O)CBr)C(=O)N12. The zero-order chi connectivity index (χ0) is 25.6. The van der Waals surface area contributed by atoms with Crippen molar-refractivity contribution in [3.05, 3.63) is 11.3 Å². The largest absolute Gasteiger partial charge is 0.427 e. The highest BCUT2D eigenvalue weighted by molar-refractivity contribution is 9.09. The summed E-state index contributed by atoms with van der Waals surface area (Å²) in [5.41, 5.74) is -1.07. The van der Waals surface area contributed by atoms with Crippen LogP contribution in [-0.2, 0) is 38.2 Å². The average molecular weight is 564 g/mol. The lowest BCUT2D eigenvalue weighted by Crippen LogP contribution is -2.71. The van der Waals surface area contributed by atoms with Gasteiger partial charge >= 0.3 is 11.9 Å². The number of methoxy groups -OCH3 is 1. The molecule has 2 rings (SSSR count). The highest BCUT2D eigenvalue weighted by Gasteiger charge is 2.54. The second-order valence-electron chi connectivity index (χ2n) is 7.97. The Bertz CT molecular complexity index is 934. The lowest BCUT2D eigenvalue weighted by Gasteiger charge is -2.49. The number of carbonyl (C=O) groups excluding carboxylic acids is 5. The van der Waals surface area contributed by atoms with Gasteiger partial charge in [0.05, 0.1) is 17.4 Å². The van der Waals surface area contributed by atoms with E-state index in [1.807, 2.05) is 6.92 Å². The minimum Gasteiger partial charge on any atom is -0.427 e. The monoisotopic (exact) mass is 563 g/mol. The van der Waals surface area contributed by atoms with E-state index in [2.05, 4.69) is 26.4 Å². The van der Waals surface area contributed by atoms with E-state index < -0.39 is 58.9 Å². The quantitative estimate of drug-likeness (QED) is 0.0530. The fourth-order valence-electron chi connectivity index (χ4n) is 3.00. The number of rotatable bonds is 11. The van der Waals surface area contributed by atoms with Crippen LogP contribution in [0.1, 0.15) is 27.2 Å². The van der Waals surface area contributed by atoms with Crippen LogP contribution in [0, 0.1) is 5.41 Å². The number of esters is 2. The third kappa shape index (κ3) is 5.78. The first-order valence-corrected chi connectivity index (χ1v) is 12.3. The zero-order valence-corrected chi connectivity index (χ0v) is 21.5. The highest BCUT2D eigenvalue weighted by Crippen LogP contribution is 2.40. The van der Waals surface area contributed by atoms with Gasteiger partial charge in [-0.2, -0.15) is 0 Å². The molecule has 34 heavy (non-hydrogen) atoms. The van der Waals surface area contributed by atoms with Gasteiger partial charge < -0.3 is 24.7 Å². The Balaban J connectivity index is 2.13. The lowest BCUT2D eigenvalue weighted by molar-refractivity contribution is -0.174. The summed E-state index contributed by atoms with van der Waals surface area (Å²) < 4.78 is 15.3. The van der Waals surface area contributed by atoms with Crippen LogP contribution in [0.4, 0.5) is 0 Å². The number of hydrogen-bond donors (Lipinski definition) is 2. The molecule has 0 aromatic rings. The summed E-state index contributed by atoms with van der Waals surface area (Å²) >= 11 is 4.14. The Hall–Kier alpha value is -2.45. The van der Waals surface area contributed by atoms with Gasteiger partial charge in [-0.3, -0.25) is 24.1 Å². The van der Waals surface area contributed by atoms with E-state index >= 15 is 0 Å². The summed E-state index contributed by atoms with van der Waals surface area (Å²) in [7, 11) is 1.43. The first-order chi connectivity index (χ1) is 16.0. The van der Waals surface area contributed by atoms with Crippen molar-refractivity contribution in [3.8, 4) is 0 Å². The van der Waals surface area contributed by atoms with Crippen LogP contribution in [0.3, 0.4) is 0 Å². The number of nitrogens with zero attached hydrogens (tertiary/aromatic N) is 2. The molecule has 188 valence electrons. The third-order valence-corrected chi connectivity index (χ3v) is 7.21. The van der Waals surface area contributed by atoms with Gasteiger partial charge in [-0.15, -0.1) is 11.8 Å². The Morgan fingerprint density at radius 1 is 1.29 bits per heavy atom. The maximum atomic E-state index is 12.8. The van der Waals surface area contributed by atoms with Crippen molar-refractivity contribution in [3.63, 3.8) is 0 Å². The summed E-state index contributed by atoms with van der Waals surface area (Å²) in [6.45, 7) is 4.64. The molecule has 0 aliphatic carbocycles. The minimum absolute atomic E-state index is 0.0503. The van der Waals surface area contributed by atoms with Gasteiger partial charge in [0, 0.05) is 12.9 Å². The summed E-state index contributed by atoms with van der Waals surface area (Å²) in [6, 6.07) is -1.06. The first-order valence-electron chi connectivity index (χ1n) is 10.2. The van der Waals surface area contributed by atoms with Crippen LogP contribution in [0.15, 0.2) is 16.4 Å². The first kappa shape index (κ1) is 27.8. The van der Waals surface area contributed by atoms with E-state index in [0.29, 0.717) is 17.7 Å². The molecule has 0 aromatic carbocycles. The minimum atomic E-state index is -1.06. The smallest absolute Gasteiger partial charge is 0.358 e. The molecule has 1 fully saturated rings. The summed E-state index contributed by atoms with van der Waals surface area (Å²) in [6.07, 6.45) is 0.529. The van der Waals surface area contributed by atoms with Crippen LogP contribution in [0.25, 0.3) is 0 Å². The number of ketones is 1. The molecule has 0 saturated carbocycles. The second kappa shape index (κ2) is 11.8. The average Bonchev–Trinajstić information content (AvgIpc) is 2.82. The van der Waals surface area contributed by atoms with Gasteiger partial charge in [0.15, 0.2) is 0 Å². The van der Waals surface area contributed by atoms with Crippen molar-refractivity contribution < 1.29 is 43.4 Å². The van der Waals surface area contributed by atoms with Gasteiger partial charge in [0.2, 0.25) is 18.3 Å². The number of carbonyl (C=O) groups is 5. The van der Waals surface area contributed by atoms with Crippen LogP contribution in [0.5, 0.6) is 0 Å². The number of ether oxygens (including phenoxy) is 3. The van der Waals surface area contributed by atoms with Crippen molar-refractivity contribution in [1.82, 2.24) is 10.2 Å². The number of oxime groups is 1. The maximum absolute atomic E-state index is 12.8. The Morgan fingerprint density at radius 2 is 1.97 bits per heavy atom. The van der Waals surface area contributed by atoms with E-state index in [1.165, 1.54) is 18.9 Å². The predicted octanol–water partition coefficient (Wildman–Crippen LogP) is 0.561. The number of fused-ring (bicyclic) bond motifs is 1. The lowest BCUT2D eigenvalue weighted by atomic mass is 9.91. The molecule has 2 aliphatic heterocycles. The molecule has 2 atom stereocenters. The number of amides is 2. The predicted molar refractivity (Wildman–Crippen MR) is 123 cm³/mol. The second-order valence-corrected chi connectivity index (χ2v) is 9.64. The van der Waals surface area contributed by atoms with Crippen molar-refractivity contribution in [2.75, 3.05) is 31.6 Å². The fourth-order valence-corrected chi connectivity index (χ4v) is 4.60. The number of halogens is 1. The molecule has 14 heteroatoms. The summed E-state index contributed by atoms with van der Waals surface area (Å²) in [5.74, 6) is -3.54. The van der Waals surface area contributed by atoms with Crippen molar-refractivity contribution in [2.45, 2.75) is 38.6 Å². The Kier molecular flexibility index (Phi) is 9.64. The van der Waals surface area contributed by atoms with Gasteiger partial charge in [0.25, 0.3) is 11.8 Å². The van der Waals surface area contributed by atoms with E-state index in [1.54, 1.807) is 13.8 Å². The van der Waals surface area contributed by atoms with Crippen molar-refractivity contribution in [2.24, 2.45) is 10.6 Å². The van der Waals surface area contributed by atoms with Crippen molar-refractivity contribution in [1.29, 1.82) is 0 Å². The molecule has 0 aromatic heterocycles. The zero-order valence-electron chi connectivity index (χ0n) is 19.1. The molecule has 1 saturated heterocycles. The number of thioether (sulfide) groups is 1. The highest BCUT2D eigenvalue weighted by atomic mass is 79.9. The molecule has 12 nitrogen and oxygen atoms in total.